The quantitative estimate of drug-likeness (QED) is 0.581. The molecule has 1 aromatic carbocycles. The van der Waals surface area contributed by atoms with Crippen LogP contribution >= 0.6 is 0 Å². The predicted molar refractivity (Wildman–Crippen MR) is 69.0 cm³/mol. The molecule has 0 saturated heterocycles. The maximum absolute atomic E-state index is 11.9. The molecule has 0 N–H and O–H groups in total. The molecule has 0 unspecified atom stereocenters. The number of carbonyl (C=O) groups excluding carboxylic acids is 1. The third kappa shape index (κ3) is 3.43. The minimum atomic E-state index is -0.471. The largest absolute Gasteiger partial charge is 0.484 e. The van der Waals surface area contributed by atoms with Crippen molar-refractivity contribution < 1.29 is 14.5 Å². The first-order valence-corrected chi connectivity index (χ1v) is 6.28. The van der Waals surface area contributed by atoms with Crippen LogP contribution in [0.3, 0.4) is 0 Å². The number of hydrogen-bond acceptors (Lipinski definition) is 4. The number of non-ortho nitro benzene ring substituents is 1. The molecule has 102 valence electrons. The van der Waals surface area contributed by atoms with Crippen molar-refractivity contribution in [2.24, 2.45) is 0 Å². The number of rotatable bonds is 6. The fourth-order valence-electron chi connectivity index (χ4n) is 1.92. The van der Waals surface area contributed by atoms with Crippen LogP contribution in [-0.2, 0) is 4.79 Å². The minimum Gasteiger partial charge on any atom is -0.484 e. The van der Waals surface area contributed by atoms with E-state index in [0.717, 1.165) is 12.8 Å². The first kappa shape index (κ1) is 13.3. The molecule has 1 aliphatic carbocycles. The summed E-state index contributed by atoms with van der Waals surface area (Å²) in [4.78, 5) is 23.7. The lowest BCUT2D eigenvalue weighted by Crippen LogP contribution is -2.36. The fraction of sp³-hybridized carbons (Fsp3) is 0.462. The van der Waals surface area contributed by atoms with E-state index < -0.39 is 4.92 Å². The summed E-state index contributed by atoms with van der Waals surface area (Å²) in [5.74, 6) is 0.425. The van der Waals surface area contributed by atoms with E-state index in [9.17, 15) is 14.9 Å². The number of nitro benzene ring substituents is 1. The first-order chi connectivity index (χ1) is 9.11. The Morgan fingerprint density at radius 3 is 2.53 bits per heavy atom. The van der Waals surface area contributed by atoms with Gasteiger partial charge in [0.15, 0.2) is 6.61 Å². The van der Waals surface area contributed by atoms with Crippen molar-refractivity contribution >= 4 is 11.6 Å². The second-order valence-electron chi connectivity index (χ2n) is 4.45. The van der Waals surface area contributed by atoms with E-state index in [1.165, 1.54) is 24.3 Å². The Balaban J connectivity index is 1.87. The Hall–Kier alpha value is -2.11. The molecule has 6 nitrogen and oxygen atoms in total. The number of amides is 1. The normalized spacial score (nSPS) is 13.9. The summed E-state index contributed by atoms with van der Waals surface area (Å²) < 4.78 is 5.35. The highest BCUT2D eigenvalue weighted by Crippen LogP contribution is 2.26. The number of ether oxygens (including phenoxy) is 1. The molecule has 1 fully saturated rings. The molecule has 0 heterocycles. The standard InChI is InChI=1S/C13H16N2O4/c1-2-14(10-3-4-10)13(16)9-19-12-7-5-11(6-8-12)15(17)18/h5-8,10H,2-4,9H2,1H3. The fourth-order valence-corrected chi connectivity index (χ4v) is 1.92. The number of hydrogen-bond donors (Lipinski definition) is 0. The molecule has 2 rings (SSSR count). The second kappa shape index (κ2) is 5.69. The average molecular weight is 264 g/mol. The van der Waals surface area contributed by atoms with E-state index in [1.807, 2.05) is 11.8 Å². The highest BCUT2D eigenvalue weighted by Gasteiger charge is 2.31. The molecule has 6 heteroatoms. The molecule has 1 aromatic rings. The van der Waals surface area contributed by atoms with E-state index in [1.54, 1.807) is 0 Å². The highest BCUT2D eigenvalue weighted by molar-refractivity contribution is 5.78. The van der Waals surface area contributed by atoms with Crippen molar-refractivity contribution in [2.45, 2.75) is 25.8 Å². The highest BCUT2D eigenvalue weighted by atomic mass is 16.6. The third-order valence-electron chi connectivity index (χ3n) is 3.06. The Morgan fingerprint density at radius 2 is 2.05 bits per heavy atom. The lowest BCUT2D eigenvalue weighted by molar-refractivity contribution is -0.384. The van der Waals surface area contributed by atoms with Gasteiger partial charge in [-0.2, -0.15) is 0 Å². The first-order valence-electron chi connectivity index (χ1n) is 6.28. The van der Waals surface area contributed by atoms with E-state index in [4.69, 9.17) is 4.74 Å². The van der Waals surface area contributed by atoms with Crippen LogP contribution in [-0.4, -0.2) is 34.9 Å². The van der Waals surface area contributed by atoms with Gasteiger partial charge in [-0.15, -0.1) is 0 Å². The molecule has 0 bridgehead atoms. The van der Waals surface area contributed by atoms with Crippen molar-refractivity contribution in [2.75, 3.05) is 13.2 Å². The van der Waals surface area contributed by atoms with Crippen LogP contribution in [0.15, 0.2) is 24.3 Å². The zero-order valence-corrected chi connectivity index (χ0v) is 10.7. The molecule has 0 aliphatic heterocycles. The van der Waals surface area contributed by atoms with E-state index >= 15 is 0 Å². The van der Waals surface area contributed by atoms with Crippen LogP contribution in [0.25, 0.3) is 0 Å². The van der Waals surface area contributed by atoms with Crippen LogP contribution in [0.5, 0.6) is 5.75 Å². The molecule has 1 amide bonds. The predicted octanol–water partition coefficient (Wildman–Crippen LogP) is 1.98. The monoisotopic (exact) mass is 264 g/mol. The number of carbonyl (C=O) groups is 1. The molecule has 1 saturated carbocycles. The SMILES string of the molecule is CCN(C(=O)COc1ccc([N+](=O)[O-])cc1)C1CC1. The topological polar surface area (TPSA) is 72.7 Å². The Bertz CT molecular complexity index is 468. The molecule has 0 radical (unpaired) electrons. The van der Waals surface area contributed by atoms with Gasteiger partial charge in [0, 0.05) is 24.7 Å². The maximum Gasteiger partial charge on any atom is 0.269 e. The van der Waals surface area contributed by atoms with Crippen molar-refractivity contribution in [3.05, 3.63) is 34.4 Å². The number of benzene rings is 1. The lowest BCUT2D eigenvalue weighted by atomic mass is 10.3. The van der Waals surface area contributed by atoms with E-state index in [0.29, 0.717) is 18.3 Å². The van der Waals surface area contributed by atoms with Gasteiger partial charge in [0.2, 0.25) is 0 Å². The lowest BCUT2D eigenvalue weighted by Gasteiger charge is -2.20. The van der Waals surface area contributed by atoms with Crippen molar-refractivity contribution in [3.63, 3.8) is 0 Å². The number of nitrogens with zero attached hydrogens (tertiary/aromatic N) is 2. The second-order valence-corrected chi connectivity index (χ2v) is 4.45. The molecular weight excluding hydrogens is 248 g/mol. The van der Waals surface area contributed by atoms with Gasteiger partial charge in [-0.1, -0.05) is 0 Å². The van der Waals surface area contributed by atoms with Gasteiger partial charge in [-0.3, -0.25) is 14.9 Å². The molecule has 19 heavy (non-hydrogen) atoms. The van der Waals surface area contributed by atoms with Gasteiger partial charge < -0.3 is 9.64 Å². The Morgan fingerprint density at radius 1 is 1.42 bits per heavy atom. The van der Waals surface area contributed by atoms with Crippen LogP contribution in [0.2, 0.25) is 0 Å². The van der Waals surface area contributed by atoms with Crippen molar-refractivity contribution in [1.29, 1.82) is 0 Å². The molecular formula is C13H16N2O4. The number of nitro groups is 1. The van der Waals surface area contributed by atoms with Crippen LogP contribution in [0.4, 0.5) is 5.69 Å². The molecule has 1 aliphatic rings. The zero-order chi connectivity index (χ0) is 13.8. The molecule has 0 atom stereocenters. The average Bonchev–Trinajstić information content (AvgIpc) is 3.22. The van der Waals surface area contributed by atoms with Crippen LogP contribution in [0, 0.1) is 10.1 Å². The third-order valence-corrected chi connectivity index (χ3v) is 3.06. The summed E-state index contributed by atoms with van der Waals surface area (Å²) in [5.41, 5.74) is 0.00633. The van der Waals surface area contributed by atoms with Gasteiger partial charge in [0.25, 0.3) is 11.6 Å². The summed E-state index contributed by atoms with van der Waals surface area (Å²) in [5, 5.41) is 10.5. The van der Waals surface area contributed by atoms with E-state index in [2.05, 4.69) is 0 Å². The summed E-state index contributed by atoms with van der Waals surface area (Å²) >= 11 is 0. The van der Waals surface area contributed by atoms with Gasteiger partial charge in [-0.25, -0.2) is 0 Å². The van der Waals surface area contributed by atoms with Gasteiger partial charge in [-0.05, 0) is 31.9 Å². The summed E-state index contributed by atoms with van der Waals surface area (Å²) in [7, 11) is 0. The Kier molecular flexibility index (Phi) is 3.99. The van der Waals surface area contributed by atoms with Crippen molar-refractivity contribution in [3.8, 4) is 5.75 Å². The Labute approximate surface area is 111 Å². The smallest absolute Gasteiger partial charge is 0.269 e. The zero-order valence-electron chi connectivity index (χ0n) is 10.7. The molecule has 0 spiro atoms. The van der Waals surface area contributed by atoms with Gasteiger partial charge in [0.1, 0.15) is 5.75 Å². The van der Waals surface area contributed by atoms with E-state index in [-0.39, 0.29) is 18.2 Å². The maximum atomic E-state index is 11.9. The van der Waals surface area contributed by atoms with Crippen LogP contribution in [0.1, 0.15) is 19.8 Å². The minimum absolute atomic E-state index is 0.00633. The van der Waals surface area contributed by atoms with Crippen LogP contribution < -0.4 is 4.74 Å². The van der Waals surface area contributed by atoms with Crippen molar-refractivity contribution in [1.82, 2.24) is 4.90 Å². The summed E-state index contributed by atoms with van der Waals surface area (Å²) in [6, 6.07) is 6.09. The number of likely N-dealkylation sites (N-methyl/N-ethyl adjacent to an activating group) is 1. The summed E-state index contributed by atoms with van der Waals surface area (Å²) in [6.07, 6.45) is 2.13. The van der Waals surface area contributed by atoms with Gasteiger partial charge in [0.05, 0.1) is 4.92 Å². The summed E-state index contributed by atoms with van der Waals surface area (Å²) in [6.45, 7) is 2.61. The van der Waals surface area contributed by atoms with Gasteiger partial charge >= 0.3 is 0 Å². The molecule has 0 aromatic heterocycles.